The van der Waals surface area contributed by atoms with E-state index in [1.165, 1.54) is 12.8 Å². The van der Waals surface area contributed by atoms with Crippen molar-refractivity contribution >= 4 is 22.1 Å². The van der Waals surface area contributed by atoms with Crippen molar-refractivity contribution in [1.82, 2.24) is 5.32 Å². The minimum absolute atomic E-state index is 0.241. The second kappa shape index (κ2) is 6.51. The van der Waals surface area contributed by atoms with Gasteiger partial charge < -0.3 is 5.32 Å². The van der Waals surface area contributed by atoms with Crippen LogP contribution in [0, 0.1) is 5.41 Å². The highest BCUT2D eigenvalue weighted by atomic mass is 32.2. The van der Waals surface area contributed by atoms with Crippen LogP contribution in [0.15, 0.2) is 21.7 Å². The van der Waals surface area contributed by atoms with Gasteiger partial charge in [0.1, 0.15) is 0 Å². The molecule has 1 saturated carbocycles. The molecule has 2 rings (SSSR count). The molecule has 3 unspecified atom stereocenters. The molecular formula is C15H25NOS2. The van der Waals surface area contributed by atoms with Crippen LogP contribution in [0.25, 0.3) is 0 Å². The van der Waals surface area contributed by atoms with Crippen molar-refractivity contribution in [3.63, 3.8) is 0 Å². The Bertz CT molecular complexity index is 414. The minimum Gasteiger partial charge on any atom is -0.312 e. The molecule has 2 nitrogen and oxygen atoms in total. The fourth-order valence-corrected chi connectivity index (χ4v) is 6.02. The van der Waals surface area contributed by atoms with Crippen LogP contribution in [-0.2, 0) is 10.8 Å². The topological polar surface area (TPSA) is 29.1 Å². The van der Waals surface area contributed by atoms with Gasteiger partial charge in [-0.15, -0.1) is 11.3 Å². The van der Waals surface area contributed by atoms with Crippen LogP contribution in [-0.4, -0.2) is 22.0 Å². The van der Waals surface area contributed by atoms with Crippen LogP contribution in [0.5, 0.6) is 0 Å². The zero-order valence-electron chi connectivity index (χ0n) is 12.1. The average Bonchev–Trinajstić information content (AvgIpc) is 2.89. The molecule has 1 aliphatic rings. The summed E-state index contributed by atoms with van der Waals surface area (Å²) in [6.45, 7) is 7.84. The lowest BCUT2D eigenvalue weighted by atomic mass is 9.73. The molecule has 0 aromatic carbocycles. The van der Waals surface area contributed by atoms with Crippen molar-refractivity contribution < 1.29 is 4.21 Å². The van der Waals surface area contributed by atoms with Gasteiger partial charge in [-0.1, -0.05) is 33.3 Å². The maximum atomic E-state index is 12.8. The smallest absolute Gasteiger partial charge is 0.0914 e. The second-order valence-electron chi connectivity index (χ2n) is 6.08. The molecule has 1 aliphatic carbocycles. The first-order valence-corrected chi connectivity index (χ1v) is 9.33. The van der Waals surface area contributed by atoms with E-state index in [4.69, 9.17) is 0 Å². The first-order chi connectivity index (χ1) is 9.06. The van der Waals surface area contributed by atoms with Gasteiger partial charge in [0.25, 0.3) is 0 Å². The highest BCUT2D eigenvalue weighted by molar-refractivity contribution is 7.88. The van der Waals surface area contributed by atoms with Crippen LogP contribution < -0.4 is 5.32 Å². The van der Waals surface area contributed by atoms with Crippen molar-refractivity contribution in [2.75, 3.05) is 6.54 Å². The molecule has 108 valence electrons. The fourth-order valence-electron chi connectivity index (χ4n) is 3.05. The monoisotopic (exact) mass is 299 g/mol. The zero-order chi connectivity index (χ0) is 13.9. The summed E-state index contributed by atoms with van der Waals surface area (Å²) in [5.74, 6) is 0. The van der Waals surface area contributed by atoms with E-state index in [2.05, 4.69) is 26.1 Å². The third-order valence-corrected chi connectivity index (χ3v) is 7.14. The second-order valence-corrected chi connectivity index (χ2v) is 8.93. The fraction of sp³-hybridized carbons (Fsp3) is 0.733. The van der Waals surface area contributed by atoms with Crippen molar-refractivity contribution in [3.8, 4) is 0 Å². The minimum atomic E-state index is -0.863. The highest BCUT2D eigenvalue weighted by Gasteiger charge is 2.41. The summed E-state index contributed by atoms with van der Waals surface area (Å²) < 4.78 is 13.8. The largest absolute Gasteiger partial charge is 0.312 e. The van der Waals surface area contributed by atoms with E-state index in [0.717, 1.165) is 23.6 Å². The maximum Gasteiger partial charge on any atom is 0.0914 e. The summed E-state index contributed by atoms with van der Waals surface area (Å²) in [5.41, 5.74) is 0.241. The van der Waals surface area contributed by atoms with Crippen LogP contribution in [0.3, 0.4) is 0 Å². The van der Waals surface area contributed by atoms with Crippen LogP contribution in [0.4, 0.5) is 0 Å². The van der Waals surface area contributed by atoms with E-state index in [1.54, 1.807) is 11.3 Å². The van der Waals surface area contributed by atoms with Crippen molar-refractivity contribution in [1.29, 1.82) is 0 Å². The lowest BCUT2D eigenvalue weighted by molar-refractivity contribution is 0.173. The quantitative estimate of drug-likeness (QED) is 0.896. The predicted molar refractivity (Wildman–Crippen MR) is 84.2 cm³/mol. The summed E-state index contributed by atoms with van der Waals surface area (Å²) >= 11 is 1.62. The molecule has 0 amide bonds. The van der Waals surface area contributed by atoms with E-state index in [-0.39, 0.29) is 10.7 Å². The Kier molecular flexibility index (Phi) is 5.21. The summed E-state index contributed by atoms with van der Waals surface area (Å²) in [5, 5.41) is 5.95. The number of rotatable bonds is 5. The predicted octanol–water partition coefficient (Wildman–Crippen LogP) is 3.80. The molecule has 1 fully saturated rings. The molecule has 0 spiro atoms. The molecule has 0 radical (unpaired) electrons. The maximum absolute atomic E-state index is 12.8. The molecule has 0 bridgehead atoms. The Hall–Kier alpha value is -0.190. The van der Waals surface area contributed by atoms with E-state index in [1.807, 2.05) is 17.5 Å². The van der Waals surface area contributed by atoms with Crippen LogP contribution >= 0.6 is 11.3 Å². The molecule has 3 atom stereocenters. The third kappa shape index (κ3) is 3.47. The third-order valence-electron chi connectivity index (χ3n) is 4.11. The molecule has 4 heteroatoms. The lowest BCUT2D eigenvalue weighted by Gasteiger charge is -2.44. The van der Waals surface area contributed by atoms with E-state index in [9.17, 15) is 4.21 Å². The SMILES string of the molecule is CCCNC1C(S(=O)c2cccs2)CCCC1(C)C. The van der Waals surface area contributed by atoms with E-state index >= 15 is 0 Å². The number of hydrogen-bond acceptors (Lipinski definition) is 3. The Morgan fingerprint density at radius 3 is 2.95 bits per heavy atom. The lowest BCUT2D eigenvalue weighted by Crippen LogP contribution is -2.54. The Morgan fingerprint density at radius 2 is 2.32 bits per heavy atom. The first kappa shape index (κ1) is 15.2. The van der Waals surface area contributed by atoms with Crippen molar-refractivity contribution in [2.45, 2.75) is 62.0 Å². The zero-order valence-corrected chi connectivity index (χ0v) is 13.8. The number of thiophene rings is 1. The Morgan fingerprint density at radius 1 is 1.53 bits per heavy atom. The molecule has 19 heavy (non-hydrogen) atoms. The summed E-state index contributed by atoms with van der Waals surface area (Å²) in [4.78, 5) is 0. The van der Waals surface area contributed by atoms with Gasteiger partial charge in [-0.3, -0.25) is 4.21 Å². The van der Waals surface area contributed by atoms with Crippen LogP contribution in [0.2, 0.25) is 0 Å². The molecule has 0 aliphatic heterocycles. The standard InChI is InChI=1S/C15H25NOS2/c1-4-10-16-14-12(7-5-9-15(14,2)3)19(17)13-8-6-11-18-13/h6,8,11-12,14,16H,4-5,7,9-10H2,1-3H3. The molecule has 1 aromatic heterocycles. The van der Waals surface area contributed by atoms with Crippen molar-refractivity contribution in [2.24, 2.45) is 5.41 Å². The van der Waals surface area contributed by atoms with Gasteiger partial charge in [0.15, 0.2) is 0 Å². The van der Waals surface area contributed by atoms with Gasteiger partial charge in [0.05, 0.1) is 20.3 Å². The van der Waals surface area contributed by atoms with Gasteiger partial charge in [0, 0.05) is 6.04 Å². The van der Waals surface area contributed by atoms with Gasteiger partial charge in [-0.05, 0) is 42.7 Å². The number of hydrogen-bond donors (Lipinski definition) is 1. The summed E-state index contributed by atoms with van der Waals surface area (Å²) in [6, 6.07) is 4.38. The van der Waals surface area contributed by atoms with Gasteiger partial charge >= 0.3 is 0 Å². The van der Waals surface area contributed by atoms with Crippen LogP contribution in [0.1, 0.15) is 46.5 Å². The average molecular weight is 300 g/mol. The van der Waals surface area contributed by atoms with E-state index in [0.29, 0.717) is 6.04 Å². The normalized spacial score (nSPS) is 28.2. The molecule has 1 N–H and O–H groups in total. The number of nitrogens with one attached hydrogen (secondary N) is 1. The van der Waals surface area contributed by atoms with E-state index < -0.39 is 10.8 Å². The Labute approximate surface area is 123 Å². The molecule has 0 saturated heterocycles. The Balaban J connectivity index is 2.18. The summed E-state index contributed by atoms with van der Waals surface area (Å²) in [6.07, 6.45) is 4.63. The molecular weight excluding hydrogens is 274 g/mol. The first-order valence-electron chi connectivity index (χ1n) is 7.23. The van der Waals surface area contributed by atoms with Gasteiger partial charge in [0.2, 0.25) is 0 Å². The highest BCUT2D eigenvalue weighted by Crippen LogP contribution is 2.39. The van der Waals surface area contributed by atoms with Crippen molar-refractivity contribution in [3.05, 3.63) is 17.5 Å². The summed E-state index contributed by atoms with van der Waals surface area (Å²) in [7, 11) is -0.863. The molecule has 1 aromatic rings. The molecule has 1 heterocycles. The van der Waals surface area contributed by atoms with Gasteiger partial charge in [-0.25, -0.2) is 0 Å². The van der Waals surface area contributed by atoms with Gasteiger partial charge in [-0.2, -0.15) is 0 Å².